The van der Waals surface area contributed by atoms with Crippen LogP contribution in [0.4, 0.5) is 11.5 Å². The number of hydrogen-bond donors (Lipinski definition) is 2. The Bertz CT molecular complexity index is 353. The van der Waals surface area contributed by atoms with Crippen molar-refractivity contribution in [1.82, 2.24) is 9.97 Å². The standard InChI is InChI=1S/C10H16N4O2/c1-15-10-8(11)9(12-6-13-10)14-7-3-2-4-16-5-7/h6-7H,2-5,11H2,1H3,(H,12,13,14). The van der Waals surface area contributed by atoms with Crippen molar-refractivity contribution in [3.05, 3.63) is 6.33 Å². The van der Waals surface area contributed by atoms with Crippen LogP contribution in [-0.2, 0) is 4.74 Å². The number of rotatable bonds is 3. The van der Waals surface area contributed by atoms with Crippen molar-refractivity contribution in [2.45, 2.75) is 18.9 Å². The zero-order valence-electron chi connectivity index (χ0n) is 9.27. The fourth-order valence-electron chi connectivity index (χ4n) is 1.70. The number of ether oxygens (including phenoxy) is 2. The highest BCUT2D eigenvalue weighted by molar-refractivity contribution is 5.66. The fourth-order valence-corrected chi connectivity index (χ4v) is 1.70. The van der Waals surface area contributed by atoms with Crippen LogP contribution in [0.1, 0.15) is 12.8 Å². The van der Waals surface area contributed by atoms with Crippen molar-refractivity contribution >= 4 is 11.5 Å². The maximum absolute atomic E-state index is 5.86. The molecule has 0 aliphatic carbocycles. The summed E-state index contributed by atoms with van der Waals surface area (Å²) in [6, 6.07) is 0.260. The molecule has 0 bridgehead atoms. The number of methoxy groups -OCH3 is 1. The zero-order valence-corrected chi connectivity index (χ0v) is 9.27. The van der Waals surface area contributed by atoms with E-state index < -0.39 is 0 Å². The summed E-state index contributed by atoms with van der Waals surface area (Å²) in [5, 5.41) is 3.24. The lowest BCUT2D eigenvalue weighted by atomic mass is 10.1. The second kappa shape index (κ2) is 4.98. The van der Waals surface area contributed by atoms with E-state index in [2.05, 4.69) is 15.3 Å². The van der Waals surface area contributed by atoms with Crippen molar-refractivity contribution in [2.75, 3.05) is 31.4 Å². The van der Waals surface area contributed by atoms with Gasteiger partial charge in [0.1, 0.15) is 12.0 Å². The average molecular weight is 224 g/mol. The van der Waals surface area contributed by atoms with Gasteiger partial charge in [0.15, 0.2) is 5.82 Å². The third kappa shape index (κ3) is 2.33. The topological polar surface area (TPSA) is 82.3 Å². The molecule has 3 N–H and O–H groups in total. The van der Waals surface area contributed by atoms with Crippen molar-refractivity contribution < 1.29 is 9.47 Å². The van der Waals surface area contributed by atoms with Crippen LogP contribution in [0.25, 0.3) is 0 Å². The molecule has 0 spiro atoms. The molecule has 2 heterocycles. The molecule has 1 aromatic rings. The maximum Gasteiger partial charge on any atom is 0.242 e. The third-order valence-corrected chi connectivity index (χ3v) is 2.54. The molecular formula is C10H16N4O2. The first-order chi connectivity index (χ1) is 7.81. The van der Waals surface area contributed by atoms with Crippen LogP contribution in [0.2, 0.25) is 0 Å². The van der Waals surface area contributed by atoms with E-state index in [1.54, 1.807) is 0 Å². The Morgan fingerprint density at radius 3 is 3.12 bits per heavy atom. The van der Waals surface area contributed by atoms with Gasteiger partial charge in [0.2, 0.25) is 5.88 Å². The molecule has 1 aliphatic heterocycles. The number of aromatic nitrogens is 2. The van der Waals surface area contributed by atoms with E-state index in [1.807, 2.05) is 0 Å². The first kappa shape index (κ1) is 10.9. The molecule has 0 aromatic carbocycles. The SMILES string of the molecule is COc1ncnc(NC2CCCOC2)c1N. The van der Waals surface area contributed by atoms with Crippen LogP contribution in [0.3, 0.4) is 0 Å². The number of nitrogens with one attached hydrogen (secondary N) is 1. The predicted molar refractivity (Wildman–Crippen MR) is 60.5 cm³/mol. The van der Waals surface area contributed by atoms with Gasteiger partial charge >= 0.3 is 0 Å². The molecule has 1 unspecified atom stereocenters. The van der Waals surface area contributed by atoms with Crippen LogP contribution in [0.15, 0.2) is 6.33 Å². The first-order valence-electron chi connectivity index (χ1n) is 5.30. The summed E-state index contributed by atoms with van der Waals surface area (Å²) in [5.41, 5.74) is 6.30. The van der Waals surface area contributed by atoms with Crippen molar-refractivity contribution in [3.8, 4) is 5.88 Å². The maximum atomic E-state index is 5.86. The van der Waals surface area contributed by atoms with Gasteiger partial charge in [0.05, 0.1) is 19.8 Å². The molecule has 1 aromatic heterocycles. The molecule has 6 nitrogen and oxygen atoms in total. The second-order valence-corrected chi connectivity index (χ2v) is 3.70. The summed E-state index contributed by atoms with van der Waals surface area (Å²) in [7, 11) is 1.53. The molecule has 0 saturated carbocycles. The van der Waals surface area contributed by atoms with Crippen LogP contribution >= 0.6 is 0 Å². The second-order valence-electron chi connectivity index (χ2n) is 3.70. The smallest absolute Gasteiger partial charge is 0.242 e. The van der Waals surface area contributed by atoms with Gasteiger partial charge in [-0.2, -0.15) is 4.98 Å². The Kier molecular flexibility index (Phi) is 3.40. The molecule has 0 radical (unpaired) electrons. The number of nitrogen functional groups attached to an aromatic ring is 1. The van der Waals surface area contributed by atoms with Crippen LogP contribution in [0, 0.1) is 0 Å². The molecule has 16 heavy (non-hydrogen) atoms. The predicted octanol–water partition coefficient (Wildman–Crippen LogP) is 0.658. The summed E-state index contributed by atoms with van der Waals surface area (Å²) in [5.74, 6) is 1.01. The molecule has 0 amide bonds. The number of nitrogens with zero attached hydrogens (tertiary/aromatic N) is 2. The number of nitrogens with two attached hydrogens (primary N) is 1. The summed E-state index contributed by atoms with van der Waals surface area (Å²) >= 11 is 0. The zero-order chi connectivity index (χ0) is 11.4. The Morgan fingerprint density at radius 2 is 2.44 bits per heavy atom. The molecule has 6 heteroatoms. The molecule has 2 rings (SSSR count). The molecule has 1 saturated heterocycles. The van der Waals surface area contributed by atoms with Gasteiger partial charge in [0, 0.05) is 6.61 Å². The van der Waals surface area contributed by atoms with E-state index >= 15 is 0 Å². The van der Waals surface area contributed by atoms with E-state index in [0.29, 0.717) is 24.0 Å². The highest BCUT2D eigenvalue weighted by Crippen LogP contribution is 2.25. The highest BCUT2D eigenvalue weighted by Gasteiger charge is 2.16. The van der Waals surface area contributed by atoms with Gasteiger partial charge in [-0.25, -0.2) is 4.98 Å². The Labute approximate surface area is 94.2 Å². The lowest BCUT2D eigenvalue weighted by Gasteiger charge is -2.24. The molecule has 1 fully saturated rings. The minimum atomic E-state index is 0.260. The van der Waals surface area contributed by atoms with Gasteiger partial charge in [-0.3, -0.25) is 0 Å². The largest absolute Gasteiger partial charge is 0.479 e. The van der Waals surface area contributed by atoms with Gasteiger partial charge in [-0.1, -0.05) is 0 Å². The summed E-state index contributed by atoms with van der Waals surface area (Å²) in [4.78, 5) is 8.02. The van der Waals surface area contributed by atoms with E-state index in [4.69, 9.17) is 15.2 Å². The Balaban J connectivity index is 2.08. The minimum Gasteiger partial charge on any atom is -0.479 e. The lowest BCUT2D eigenvalue weighted by Crippen LogP contribution is -2.30. The Hall–Kier alpha value is -1.56. The van der Waals surface area contributed by atoms with Crippen LogP contribution < -0.4 is 15.8 Å². The van der Waals surface area contributed by atoms with Crippen LogP contribution in [0.5, 0.6) is 5.88 Å². The molecule has 1 aliphatic rings. The van der Waals surface area contributed by atoms with Gasteiger partial charge < -0.3 is 20.5 Å². The normalized spacial score (nSPS) is 20.4. The monoisotopic (exact) mass is 224 g/mol. The summed E-state index contributed by atoms with van der Waals surface area (Å²) in [6.07, 6.45) is 3.55. The summed E-state index contributed by atoms with van der Waals surface area (Å²) in [6.45, 7) is 1.52. The van der Waals surface area contributed by atoms with Gasteiger partial charge in [-0.05, 0) is 12.8 Å². The van der Waals surface area contributed by atoms with Gasteiger partial charge in [-0.15, -0.1) is 0 Å². The quantitative estimate of drug-likeness (QED) is 0.784. The highest BCUT2D eigenvalue weighted by atomic mass is 16.5. The van der Waals surface area contributed by atoms with Crippen molar-refractivity contribution in [3.63, 3.8) is 0 Å². The fraction of sp³-hybridized carbons (Fsp3) is 0.600. The van der Waals surface area contributed by atoms with Gasteiger partial charge in [0.25, 0.3) is 0 Å². The minimum absolute atomic E-state index is 0.260. The van der Waals surface area contributed by atoms with Crippen molar-refractivity contribution in [1.29, 1.82) is 0 Å². The Morgan fingerprint density at radius 1 is 1.56 bits per heavy atom. The molecule has 88 valence electrons. The number of hydrogen-bond acceptors (Lipinski definition) is 6. The number of anilines is 2. The van der Waals surface area contributed by atoms with E-state index in [0.717, 1.165) is 19.4 Å². The van der Waals surface area contributed by atoms with Crippen LogP contribution in [-0.4, -0.2) is 36.3 Å². The first-order valence-corrected chi connectivity index (χ1v) is 5.30. The molecular weight excluding hydrogens is 208 g/mol. The lowest BCUT2D eigenvalue weighted by molar-refractivity contribution is 0.0875. The molecule has 1 atom stereocenters. The average Bonchev–Trinajstić information content (AvgIpc) is 2.33. The van der Waals surface area contributed by atoms with E-state index in [9.17, 15) is 0 Å². The summed E-state index contributed by atoms with van der Waals surface area (Å²) < 4.78 is 10.4. The van der Waals surface area contributed by atoms with Crippen molar-refractivity contribution in [2.24, 2.45) is 0 Å². The van der Waals surface area contributed by atoms with E-state index in [-0.39, 0.29) is 6.04 Å². The van der Waals surface area contributed by atoms with E-state index in [1.165, 1.54) is 13.4 Å². The third-order valence-electron chi connectivity index (χ3n) is 2.54.